The lowest BCUT2D eigenvalue weighted by atomic mass is 9.82. The summed E-state index contributed by atoms with van der Waals surface area (Å²) in [5, 5.41) is 10.1. The topological polar surface area (TPSA) is 84.2 Å². The van der Waals surface area contributed by atoms with Gasteiger partial charge in [0, 0.05) is 55.5 Å². The number of nitrogens with zero attached hydrogens (tertiary/aromatic N) is 3. The number of aliphatic carboxylic acids is 1. The van der Waals surface area contributed by atoms with E-state index in [9.17, 15) is 9.90 Å². The molecule has 0 aliphatic carbocycles. The van der Waals surface area contributed by atoms with Crippen LogP contribution in [-0.4, -0.2) is 59.3 Å². The van der Waals surface area contributed by atoms with Crippen molar-refractivity contribution in [2.24, 2.45) is 10.4 Å². The van der Waals surface area contributed by atoms with Gasteiger partial charge in [-0.05, 0) is 58.4 Å². The van der Waals surface area contributed by atoms with Crippen LogP contribution in [0.1, 0.15) is 91.3 Å². The molecule has 0 radical (unpaired) electrons. The summed E-state index contributed by atoms with van der Waals surface area (Å²) in [4.78, 5) is 24.2. The molecule has 0 bridgehead atoms. The summed E-state index contributed by atoms with van der Waals surface area (Å²) in [6.07, 6.45) is 9.97. The number of piperidine rings is 1. The number of ether oxygens (including phenoxy) is 2. The predicted octanol–water partition coefficient (Wildman–Crippen LogP) is 6.05. The molecule has 2 unspecified atom stereocenters. The SMILES string of the molecule is CCCCCOC1(C(OC(C)(C)C)C(=O)O)C=NC(c2cnc(C)cc2N2CCC(C)(C)CC2)=CC1. The molecule has 1 saturated heterocycles. The van der Waals surface area contributed by atoms with Crippen molar-refractivity contribution in [3.05, 3.63) is 29.6 Å². The average molecular weight is 500 g/mol. The lowest BCUT2D eigenvalue weighted by Gasteiger charge is -2.40. The second kappa shape index (κ2) is 11.4. The van der Waals surface area contributed by atoms with E-state index in [1.165, 1.54) is 0 Å². The minimum atomic E-state index is -1.17. The van der Waals surface area contributed by atoms with Crippen LogP contribution >= 0.6 is 0 Å². The maximum absolute atomic E-state index is 12.4. The van der Waals surface area contributed by atoms with Gasteiger partial charge in [-0.25, -0.2) is 4.79 Å². The highest BCUT2D eigenvalue weighted by Crippen LogP contribution is 2.38. The Morgan fingerprint density at radius 2 is 1.92 bits per heavy atom. The summed E-state index contributed by atoms with van der Waals surface area (Å²) in [7, 11) is 0. The van der Waals surface area contributed by atoms with Crippen LogP contribution in [0.3, 0.4) is 0 Å². The van der Waals surface area contributed by atoms with Gasteiger partial charge in [0.2, 0.25) is 0 Å². The van der Waals surface area contributed by atoms with Gasteiger partial charge in [-0.3, -0.25) is 9.98 Å². The summed E-state index contributed by atoms with van der Waals surface area (Å²) < 4.78 is 12.3. The van der Waals surface area contributed by atoms with Gasteiger partial charge >= 0.3 is 5.97 Å². The number of aliphatic imine (C=N–C) groups is 1. The van der Waals surface area contributed by atoms with Crippen LogP contribution in [0, 0.1) is 12.3 Å². The number of unbranched alkanes of at least 4 members (excludes halogenated alkanes) is 2. The van der Waals surface area contributed by atoms with Crippen LogP contribution in [0.25, 0.3) is 5.70 Å². The van der Waals surface area contributed by atoms with Crippen LogP contribution in [0.5, 0.6) is 0 Å². The van der Waals surface area contributed by atoms with Crippen molar-refractivity contribution in [2.75, 3.05) is 24.6 Å². The molecule has 2 aliphatic rings. The summed E-state index contributed by atoms with van der Waals surface area (Å²) in [5.74, 6) is -1.04. The van der Waals surface area contributed by atoms with E-state index in [1.807, 2.05) is 40.0 Å². The highest BCUT2D eigenvalue weighted by atomic mass is 16.6. The summed E-state index contributed by atoms with van der Waals surface area (Å²) in [5.41, 5.74) is 2.43. The summed E-state index contributed by atoms with van der Waals surface area (Å²) in [6, 6.07) is 2.13. The Kier molecular flexibility index (Phi) is 8.99. The maximum atomic E-state index is 12.4. The van der Waals surface area contributed by atoms with Crippen molar-refractivity contribution in [3.8, 4) is 0 Å². The number of carboxylic acid groups (broad SMARTS) is 1. The largest absolute Gasteiger partial charge is 0.479 e. The van der Waals surface area contributed by atoms with Crippen LogP contribution in [0.4, 0.5) is 5.69 Å². The molecule has 7 heteroatoms. The van der Waals surface area contributed by atoms with Crippen molar-refractivity contribution in [1.82, 2.24) is 4.98 Å². The Hall–Kier alpha value is -2.25. The third-order valence-corrected chi connectivity index (χ3v) is 7.05. The number of aryl methyl sites for hydroxylation is 1. The number of anilines is 1. The van der Waals surface area contributed by atoms with Gasteiger partial charge in [0.25, 0.3) is 0 Å². The number of hydrogen-bond donors (Lipinski definition) is 1. The fraction of sp³-hybridized carbons (Fsp3) is 0.690. The Bertz CT molecular complexity index is 969. The first-order chi connectivity index (χ1) is 16.9. The molecule has 0 saturated carbocycles. The normalized spacial score (nSPS) is 22.9. The van der Waals surface area contributed by atoms with E-state index in [1.54, 1.807) is 6.21 Å². The molecule has 1 aromatic heterocycles. The van der Waals surface area contributed by atoms with E-state index in [-0.39, 0.29) is 0 Å². The van der Waals surface area contributed by atoms with E-state index in [0.29, 0.717) is 18.4 Å². The Morgan fingerprint density at radius 1 is 1.22 bits per heavy atom. The van der Waals surface area contributed by atoms with Crippen LogP contribution in [0.2, 0.25) is 0 Å². The molecule has 36 heavy (non-hydrogen) atoms. The van der Waals surface area contributed by atoms with E-state index in [4.69, 9.17) is 14.5 Å². The van der Waals surface area contributed by atoms with E-state index in [2.05, 4.69) is 36.7 Å². The smallest absolute Gasteiger partial charge is 0.336 e. The molecule has 3 heterocycles. The number of rotatable bonds is 10. The average Bonchev–Trinajstić information content (AvgIpc) is 2.80. The molecule has 0 spiro atoms. The van der Waals surface area contributed by atoms with Crippen LogP contribution in [-0.2, 0) is 14.3 Å². The minimum absolute atomic E-state index is 0.356. The van der Waals surface area contributed by atoms with Gasteiger partial charge in [0.15, 0.2) is 6.10 Å². The minimum Gasteiger partial charge on any atom is -0.479 e. The zero-order valence-electron chi connectivity index (χ0n) is 23.3. The lowest BCUT2D eigenvalue weighted by Crippen LogP contribution is -2.55. The fourth-order valence-electron chi connectivity index (χ4n) is 4.75. The molecule has 0 aromatic carbocycles. The van der Waals surface area contributed by atoms with E-state index >= 15 is 0 Å². The molecule has 7 nitrogen and oxygen atoms in total. The van der Waals surface area contributed by atoms with Gasteiger partial charge < -0.3 is 19.5 Å². The van der Waals surface area contributed by atoms with Crippen molar-refractivity contribution in [2.45, 2.75) is 104 Å². The number of aromatic nitrogens is 1. The molecule has 1 aromatic rings. The summed E-state index contributed by atoms with van der Waals surface area (Å²) >= 11 is 0. The second-order valence-electron chi connectivity index (χ2n) is 12.0. The first kappa shape index (κ1) is 28.3. The molecular formula is C29H45N3O4. The molecule has 200 valence electrons. The molecule has 2 atom stereocenters. The van der Waals surface area contributed by atoms with Gasteiger partial charge in [-0.15, -0.1) is 0 Å². The predicted molar refractivity (Wildman–Crippen MR) is 146 cm³/mol. The standard InChI is InChI=1S/C29H45N3O4/c1-8-9-10-17-35-29(25(26(33)34)36-27(3,4)5)12-11-23(31-20-29)22-19-30-21(2)18-24(22)32-15-13-28(6,7)14-16-32/h11,18-20,25H,8-10,12-17H2,1-7H3,(H,33,34). The molecular weight excluding hydrogens is 454 g/mol. The van der Waals surface area contributed by atoms with E-state index < -0.39 is 23.3 Å². The van der Waals surface area contributed by atoms with Crippen molar-refractivity contribution >= 4 is 23.6 Å². The number of carbonyl (C=O) groups is 1. The van der Waals surface area contributed by atoms with Crippen LogP contribution in [0.15, 0.2) is 23.3 Å². The summed E-state index contributed by atoms with van der Waals surface area (Å²) in [6.45, 7) is 16.8. The Balaban J connectivity index is 1.91. The van der Waals surface area contributed by atoms with E-state index in [0.717, 1.165) is 67.8 Å². The monoisotopic (exact) mass is 499 g/mol. The zero-order chi connectivity index (χ0) is 26.6. The lowest BCUT2D eigenvalue weighted by molar-refractivity contribution is -0.186. The molecule has 1 N–H and O–H groups in total. The van der Waals surface area contributed by atoms with Gasteiger partial charge in [-0.2, -0.15) is 0 Å². The Labute approximate surface area is 217 Å². The Morgan fingerprint density at radius 3 is 2.47 bits per heavy atom. The fourth-order valence-corrected chi connectivity index (χ4v) is 4.75. The highest BCUT2D eigenvalue weighted by molar-refractivity contribution is 5.90. The van der Waals surface area contributed by atoms with Gasteiger partial charge in [0.1, 0.15) is 5.60 Å². The molecule has 3 rings (SSSR count). The zero-order valence-corrected chi connectivity index (χ0v) is 23.3. The second-order valence-corrected chi connectivity index (χ2v) is 12.0. The first-order valence-corrected chi connectivity index (χ1v) is 13.4. The quantitative estimate of drug-likeness (QED) is 0.395. The van der Waals surface area contributed by atoms with Crippen LogP contribution < -0.4 is 4.90 Å². The first-order valence-electron chi connectivity index (χ1n) is 13.4. The van der Waals surface area contributed by atoms with Crippen molar-refractivity contribution in [1.29, 1.82) is 0 Å². The molecule has 2 aliphatic heterocycles. The highest BCUT2D eigenvalue weighted by Gasteiger charge is 2.47. The molecule has 1 fully saturated rings. The van der Waals surface area contributed by atoms with Gasteiger partial charge in [-0.1, -0.05) is 39.7 Å². The molecule has 0 amide bonds. The number of hydrogen-bond acceptors (Lipinski definition) is 6. The third-order valence-electron chi connectivity index (χ3n) is 7.05. The van der Waals surface area contributed by atoms with Crippen molar-refractivity contribution < 1.29 is 19.4 Å². The number of carboxylic acids is 1. The van der Waals surface area contributed by atoms with Crippen molar-refractivity contribution in [3.63, 3.8) is 0 Å². The van der Waals surface area contributed by atoms with Gasteiger partial charge in [0.05, 0.1) is 11.3 Å². The third kappa shape index (κ3) is 7.16. The number of pyridine rings is 1. The maximum Gasteiger partial charge on any atom is 0.336 e.